The highest BCUT2D eigenvalue weighted by Gasteiger charge is 2.12. The van der Waals surface area contributed by atoms with E-state index < -0.39 is 0 Å². The van der Waals surface area contributed by atoms with Gasteiger partial charge in [0.05, 0.1) is 6.26 Å². The molecule has 0 saturated heterocycles. The first kappa shape index (κ1) is 17.0. The molecule has 0 amide bonds. The molecule has 21 heavy (non-hydrogen) atoms. The Morgan fingerprint density at radius 1 is 1.43 bits per heavy atom. The van der Waals surface area contributed by atoms with Crippen LogP contribution < -0.4 is 0 Å². The third kappa shape index (κ3) is 5.46. The molecule has 114 valence electrons. The van der Waals surface area contributed by atoms with Crippen LogP contribution in [0.25, 0.3) is 0 Å². The molecule has 0 aliphatic carbocycles. The predicted molar refractivity (Wildman–Crippen MR) is 85.4 cm³/mol. The molecule has 1 aliphatic rings. The third-order valence-electron chi connectivity index (χ3n) is 3.12. The van der Waals surface area contributed by atoms with Crippen LogP contribution in [0.3, 0.4) is 0 Å². The average Bonchev–Trinajstić information content (AvgIpc) is 2.46. The normalized spacial score (nSPS) is 22.8. The van der Waals surface area contributed by atoms with E-state index >= 15 is 0 Å². The van der Waals surface area contributed by atoms with Crippen molar-refractivity contribution in [3.8, 4) is 0 Å². The second-order valence-corrected chi connectivity index (χ2v) is 5.59. The van der Waals surface area contributed by atoms with Gasteiger partial charge in [-0.15, -0.1) is 0 Å². The number of allylic oxidation sites excluding steroid dienone is 5. The lowest BCUT2D eigenvalue weighted by Crippen LogP contribution is -2.01. The molecule has 0 aromatic rings. The Morgan fingerprint density at radius 2 is 2.14 bits per heavy atom. The molecule has 3 nitrogen and oxygen atoms in total. The van der Waals surface area contributed by atoms with E-state index in [-0.39, 0.29) is 0 Å². The summed E-state index contributed by atoms with van der Waals surface area (Å²) in [4.78, 5) is 10.8. The van der Waals surface area contributed by atoms with E-state index in [0.29, 0.717) is 24.8 Å². The minimum absolute atomic E-state index is 0.378. The van der Waals surface area contributed by atoms with E-state index in [1.807, 2.05) is 26.0 Å². The molecule has 0 atom stereocenters. The summed E-state index contributed by atoms with van der Waals surface area (Å²) < 4.78 is 10.7. The fourth-order valence-electron chi connectivity index (χ4n) is 1.85. The Labute approximate surface area is 127 Å². The van der Waals surface area contributed by atoms with Crippen molar-refractivity contribution in [2.75, 3.05) is 6.61 Å². The van der Waals surface area contributed by atoms with Crippen molar-refractivity contribution in [2.24, 2.45) is 5.92 Å². The van der Waals surface area contributed by atoms with Crippen LogP contribution in [0.15, 0.2) is 59.1 Å². The molecule has 1 rings (SSSR count). The molecule has 0 aromatic heterocycles. The van der Waals surface area contributed by atoms with E-state index in [2.05, 4.69) is 26.5 Å². The first-order chi connectivity index (χ1) is 9.95. The van der Waals surface area contributed by atoms with Gasteiger partial charge in [-0.05, 0) is 43.4 Å². The number of carbonyl (C=O) groups excluding carboxylic acids is 1. The summed E-state index contributed by atoms with van der Waals surface area (Å²) in [7, 11) is 0. The van der Waals surface area contributed by atoms with E-state index in [1.54, 1.807) is 6.26 Å². The van der Waals surface area contributed by atoms with Crippen LogP contribution in [-0.4, -0.2) is 13.1 Å². The molecular formula is C18H24O3. The number of hydrogen-bond donors (Lipinski definition) is 0. The Balaban J connectivity index is 3.22. The maximum atomic E-state index is 10.8. The number of hydrogen-bond acceptors (Lipinski definition) is 3. The number of carbonyl (C=O) groups is 1. The summed E-state index contributed by atoms with van der Waals surface area (Å²) in [6.45, 7) is 13.0. The highest BCUT2D eigenvalue weighted by Crippen LogP contribution is 2.24. The van der Waals surface area contributed by atoms with Crippen molar-refractivity contribution in [2.45, 2.75) is 34.1 Å². The van der Waals surface area contributed by atoms with Gasteiger partial charge in [0.1, 0.15) is 12.4 Å². The quantitative estimate of drug-likeness (QED) is 0.701. The number of rotatable bonds is 5. The lowest BCUT2D eigenvalue weighted by Gasteiger charge is -2.10. The van der Waals surface area contributed by atoms with Gasteiger partial charge in [-0.2, -0.15) is 0 Å². The first-order valence-corrected chi connectivity index (χ1v) is 7.12. The molecule has 0 fully saturated rings. The molecule has 0 aromatic carbocycles. The zero-order valence-corrected chi connectivity index (χ0v) is 13.3. The highest BCUT2D eigenvalue weighted by molar-refractivity contribution is 5.52. The summed E-state index contributed by atoms with van der Waals surface area (Å²) in [5, 5.41) is 0. The molecule has 1 heterocycles. The summed E-state index contributed by atoms with van der Waals surface area (Å²) in [6, 6.07) is 0. The van der Waals surface area contributed by atoms with Gasteiger partial charge >= 0.3 is 0 Å². The van der Waals surface area contributed by atoms with Crippen molar-refractivity contribution in [1.82, 2.24) is 0 Å². The van der Waals surface area contributed by atoms with Gasteiger partial charge in [-0.25, -0.2) is 0 Å². The molecule has 3 heteroatoms. The zero-order chi connectivity index (χ0) is 15.8. The van der Waals surface area contributed by atoms with Gasteiger partial charge in [-0.1, -0.05) is 32.6 Å². The lowest BCUT2D eigenvalue weighted by molar-refractivity contribution is -0.124. The van der Waals surface area contributed by atoms with Crippen LogP contribution in [0.2, 0.25) is 0 Å². The SMILES string of the molecule is C=C1/C=C(C=CCC(C)C)\C(OC=O)=C(\C)COC=C1C. The van der Waals surface area contributed by atoms with Gasteiger partial charge < -0.3 is 9.47 Å². The molecule has 0 saturated carbocycles. The van der Waals surface area contributed by atoms with Crippen LogP contribution >= 0.6 is 0 Å². The second-order valence-electron chi connectivity index (χ2n) is 5.59. The molecular weight excluding hydrogens is 264 g/mol. The van der Waals surface area contributed by atoms with E-state index in [9.17, 15) is 4.79 Å². The predicted octanol–water partition coefficient (Wildman–Crippen LogP) is 4.45. The van der Waals surface area contributed by atoms with E-state index in [0.717, 1.165) is 28.7 Å². The molecule has 0 spiro atoms. The third-order valence-corrected chi connectivity index (χ3v) is 3.12. The van der Waals surface area contributed by atoms with Crippen molar-refractivity contribution in [3.63, 3.8) is 0 Å². The maximum Gasteiger partial charge on any atom is 0.298 e. The van der Waals surface area contributed by atoms with Crippen molar-refractivity contribution in [3.05, 3.63) is 59.1 Å². The maximum absolute atomic E-state index is 10.8. The molecule has 0 radical (unpaired) electrons. The fourth-order valence-corrected chi connectivity index (χ4v) is 1.85. The van der Waals surface area contributed by atoms with Crippen LogP contribution in [0.4, 0.5) is 0 Å². The van der Waals surface area contributed by atoms with Crippen LogP contribution in [0, 0.1) is 5.92 Å². The van der Waals surface area contributed by atoms with Crippen LogP contribution in [0.1, 0.15) is 34.1 Å². The van der Waals surface area contributed by atoms with E-state index in [4.69, 9.17) is 9.47 Å². The minimum Gasteiger partial charge on any atom is -0.496 e. The molecule has 0 bridgehead atoms. The summed E-state index contributed by atoms with van der Waals surface area (Å²) in [6.07, 6.45) is 8.62. The Hall–Kier alpha value is -2.03. The molecule has 1 aliphatic heterocycles. The highest BCUT2D eigenvalue weighted by atomic mass is 16.5. The van der Waals surface area contributed by atoms with Crippen molar-refractivity contribution in [1.29, 1.82) is 0 Å². The van der Waals surface area contributed by atoms with Crippen molar-refractivity contribution >= 4 is 6.47 Å². The van der Waals surface area contributed by atoms with Crippen LogP contribution in [0.5, 0.6) is 0 Å². The first-order valence-electron chi connectivity index (χ1n) is 7.12. The summed E-state index contributed by atoms with van der Waals surface area (Å²) >= 11 is 0. The Kier molecular flexibility index (Phi) is 6.73. The average molecular weight is 288 g/mol. The number of ether oxygens (including phenoxy) is 2. The fraction of sp³-hybridized carbons (Fsp3) is 0.389. The Bertz CT molecular complexity index is 517. The summed E-state index contributed by atoms with van der Waals surface area (Å²) in [5.41, 5.74) is 3.48. The topological polar surface area (TPSA) is 35.5 Å². The molecule has 0 N–H and O–H groups in total. The standard InChI is InChI=1S/C18H24O3/c1-13(2)7-6-8-17-9-14(3)15(4)10-20-11-16(5)18(17)21-12-19/h6,8-10,12-13H,3,7,11H2,1-2,4-5H3/b8-6?,15-10?,17-9-,18-16+. The lowest BCUT2D eigenvalue weighted by atomic mass is 10.0. The van der Waals surface area contributed by atoms with Gasteiger partial charge in [0.25, 0.3) is 6.47 Å². The van der Waals surface area contributed by atoms with Crippen LogP contribution in [-0.2, 0) is 14.3 Å². The Morgan fingerprint density at radius 3 is 2.76 bits per heavy atom. The van der Waals surface area contributed by atoms with Gasteiger partial charge in [-0.3, -0.25) is 4.79 Å². The van der Waals surface area contributed by atoms with E-state index in [1.165, 1.54) is 0 Å². The molecule has 0 unspecified atom stereocenters. The van der Waals surface area contributed by atoms with Gasteiger partial charge in [0.2, 0.25) is 0 Å². The summed E-state index contributed by atoms with van der Waals surface area (Å²) in [5.74, 6) is 1.11. The van der Waals surface area contributed by atoms with Gasteiger partial charge in [0, 0.05) is 11.1 Å². The monoisotopic (exact) mass is 288 g/mol. The zero-order valence-electron chi connectivity index (χ0n) is 13.3. The van der Waals surface area contributed by atoms with Gasteiger partial charge in [0.15, 0.2) is 0 Å². The largest absolute Gasteiger partial charge is 0.496 e. The second kappa shape index (κ2) is 8.30. The minimum atomic E-state index is 0.378. The van der Waals surface area contributed by atoms with Crippen molar-refractivity contribution < 1.29 is 14.3 Å². The smallest absolute Gasteiger partial charge is 0.298 e.